The molecule has 4 aromatic carbocycles. The van der Waals surface area contributed by atoms with E-state index in [1.807, 2.05) is 72.8 Å². The number of nitrogens with one attached hydrogen (secondary N) is 4. The highest BCUT2D eigenvalue weighted by atomic mass is 35.5. The molecule has 2 amide bonds. The molecule has 4 bridgehead atoms. The summed E-state index contributed by atoms with van der Waals surface area (Å²) < 4.78 is 0. The second kappa shape index (κ2) is 19.3. The van der Waals surface area contributed by atoms with Crippen molar-refractivity contribution < 1.29 is 9.59 Å². The molecule has 0 saturated carbocycles. The molecule has 296 valence electrons. The van der Waals surface area contributed by atoms with E-state index < -0.39 is 0 Å². The number of piperidine rings is 2. The van der Waals surface area contributed by atoms with Crippen LogP contribution in [-0.4, -0.2) is 71.0 Å². The van der Waals surface area contributed by atoms with E-state index in [2.05, 4.69) is 55.3 Å². The zero-order valence-electron chi connectivity index (χ0n) is 31.4. The number of rotatable bonds is 12. The second-order valence-corrected chi connectivity index (χ2v) is 17.3. The number of anilines is 2. The summed E-state index contributed by atoms with van der Waals surface area (Å²) in [6.45, 7) is 2.47. The first-order valence-electron chi connectivity index (χ1n) is 19.7. The van der Waals surface area contributed by atoms with E-state index in [0.29, 0.717) is 34.2 Å². The van der Waals surface area contributed by atoms with Crippen molar-refractivity contribution >= 4 is 69.6 Å². The summed E-state index contributed by atoms with van der Waals surface area (Å²) >= 11 is 23.9. The van der Waals surface area contributed by atoms with Crippen molar-refractivity contribution in [3.8, 4) is 0 Å². The largest absolute Gasteiger partial charge is 0.376 e. The van der Waals surface area contributed by atoms with Crippen molar-refractivity contribution in [2.75, 3.05) is 23.7 Å². The third-order valence-corrected chi connectivity index (χ3v) is 12.6. The van der Waals surface area contributed by atoms with E-state index >= 15 is 0 Å². The van der Waals surface area contributed by atoms with Crippen molar-refractivity contribution in [2.24, 2.45) is 0 Å². The fourth-order valence-corrected chi connectivity index (χ4v) is 9.56. The van der Waals surface area contributed by atoms with Crippen LogP contribution in [0.4, 0.5) is 11.4 Å². The molecule has 0 aliphatic carbocycles. The first kappa shape index (κ1) is 40.7. The van der Waals surface area contributed by atoms with E-state index in [9.17, 15) is 9.59 Å². The van der Waals surface area contributed by atoms with Gasteiger partial charge in [-0.15, -0.1) is 0 Å². The van der Waals surface area contributed by atoms with E-state index in [4.69, 9.17) is 46.4 Å². The Balaban J connectivity index is 0.000000172. The van der Waals surface area contributed by atoms with Gasteiger partial charge in [0.05, 0.1) is 13.1 Å². The molecule has 4 aliphatic heterocycles. The molecular formula is C44H50Cl4N6O2. The predicted molar refractivity (Wildman–Crippen MR) is 230 cm³/mol. The number of carbonyl (C=O) groups excluding carboxylic acids is 2. The standard InChI is InChI=1S/2C22H25Cl2N3O/c23-16-3-1-15(2-4-16)14-27-20-9-10-21(27)12-19(11-20)26-22(28)13-25-18-7-5-17(24)6-8-18;23-16-6-4-15(5-7-16)14-27-20-8-9-21(27)12-19(11-20)26-22(28)13-25-18-3-1-2-17(24)10-18/h1-8,19-21,25H,9-14H2,(H,26,28);1-7,10,19-21,25H,8-9,11-14H2,(H,26,28)/t2*19-,20+,21-. The number of benzene rings is 4. The van der Waals surface area contributed by atoms with Crippen LogP contribution in [0.1, 0.15) is 62.5 Å². The average Bonchev–Trinajstić information content (AvgIpc) is 3.55. The molecule has 0 radical (unpaired) electrons. The van der Waals surface area contributed by atoms with E-state index in [1.54, 1.807) is 0 Å². The molecule has 4 N–H and O–H groups in total. The lowest BCUT2D eigenvalue weighted by Crippen LogP contribution is -2.50. The van der Waals surface area contributed by atoms with Gasteiger partial charge in [0, 0.05) is 80.8 Å². The first-order chi connectivity index (χ1) is 27.1. The van der Waals surface area contributed by atoms with Crippen LogP contribution in [0.25, 0.3) is 0 Å². The van der Waals surface area contributed by atoms with Gasteiger partial charge in [-0.1, -0.05) is 76.7 Å². The van der Waals surface area contributed by atoms with Crippen molar-refractivity contribution in [3.63, 3.8) is 0 Å². The minimum Gasteiger partial charge on any atom is -0.376 e. The Labute approximate surface area is 350 Å². The summed E-state index contributed by atoms with van der Waals surface area (Å²) in [6.07, 6.45) is 8.95. The van der Waals surface area contributed by atoms with Crippen LogP contribution in [0, 0.1) is 0 Å². The molecule has 0 unspecified atom stereocenters. The Kier molecular flexibility index (Phi) is 14.0. The fourth-order valence-electron chi connectivity index (χ4n) is 8.99. The third-order valence-electron chi connectivity index (χ3n) is 11.6. The molecule has 8 rings (SSSR count). The smallest absolute Gasteiger partial charge is 0.239 e. The van der Waals surface area contributed by atoms with Crippen LogP contribution in [0.2, 0.25) is 20.1 Å². The molecule has 6 atom stereocenters. The lowest BCUT2D eigenvalue weighted by molar-refractivity contribution is -0.121. The van der Waals surface area contributed by atoms with Gasteiger partial charge in [-0.25, -0.2) is 0 Å². The maximum absolute atomic E-state index is 12.4. The van der Waals surface area contributed by atoms with Gasteiger partial charge in [0.25, 0.3) is 0 Å². The number of halogens is 4. The normalized spacial score (nSPS) is 24.1. The average molecular weight is 837 g/mol. The summed E-state index contributed by atoms with van der Waals surface area (Å²) in [4.78, 5) is 30.0. The van der Waals surface area contributed by atoms with E-state index in [0.717, 1.165) is 60.2 Å². The Morgan fingerprint density at radius 1 is 0.500 bits per heavy atom. The van der Waals surface area contributed by atoms with Crippen molar-refractivity contribution in [1.29, 1.82) is 0 Å². The molecular weight excluding hydrogens is 786 g/mol. The van der Waals surface area contributed by atoms with Crippen molar-refractivity contribution in [1.82, 2.24) is 20.4 Å². The van der Waals surface area contributed by atoms with Crippen LogP contribution in [0.3, 0.4) is 0 Å². The fraction of sp³-hybridized carbons (Fsp3) is 0.409. The van der Waals surface area contributed by atoms with Gasteiger partial charge in [-0.2, -0.15) is 0 Å². The van der Waals surface area contributed by atoms with Crippen LogP contribution in [-0.2, 0) is 22.7 Å². The summed E-state index contributed by atoms with van der Waals surface area (Å²) in [5, 5.41) is 15.6. The second-order valence-electron chi connectivity index (χ2n) is 15.6. The molecule has 12 heteroatoms. The predicted octanol–water partition coefficient (Wildman–Crippen LogP) is 9.43. The Bertz CT molecular complexity index is 1890. The van der Waals surface area contributed by atoms with E-state index in [-0.39, 0.29) is 37.0 Å². The van der Waals surface area contributed by atoms with E-state index in [1.165, 1.54) is 36.8 Å². The Morgan fingerprint density at radius 2 is 0.893 bits per heavy atom. The van der Waals surface area contributed by atoms with Crippen LogP contribution in [0.15, 0.2) is 97.1 Å². The van der Waals surface area contributed by atoms with Crippen LogP contribution >= 0.6 is 46.4 Å². The molecule has 4 saturated heterocycles. The number of hydrogen-bond donors (Lipinski definition) is 4. The van der Waals surface area contributed by atoms with Gasteiger partial charge in [0.2, 0.25) is 11.8 Å². The summed E-state index contributed by atoms with van der Waals surface area (Å²) in [7, 11) is 0. The topological polar surface area (TPSA) is 88.7 Å². The molecule has 56 heavy (non-hydrogen) atoms. The number of nitrogens with zero attached hydrogens (tertiary/aromatic N) is 2. The van der Waals surface area contributed by atoms with Crippen molar-refractivity contribution in [2.45, 2.75) is 101 Å². The van der Waals surface area contributed by atoms with Crippen molar-refractivity contribution in [3.05, 3.63) is 128 Å². The zero-order valence-corrected chi connectivity index (χ0v) is 34.4. The van der Waals surface area contributed by atoms with Gasteiger partial charge in [0.15, 0.2) is 0 Å². The van der Waals surface area contributed by atoms with Gasteiger partial charge in [-0.05, 0) is 129 Å². The molecule has 4 aromatic rings. The van der Waals surface area contributed by atoms with Gasteiger partial charge < -0.3 is 21.3 Å². The highest BCUT2D eigenvalue weighted by Gasteiger charge is 2.42. The Morgan fingerprint density at radius 3 is 1.30 bits per heavy atom. The van der Waals surface area contributed by atoms with Gasteiger partial charge >= 0.3 is 0 Å². The molecule has 4 fully saturated rings. The molecule has 0 aromatic heterocycles. The maximum Gasteiger partial charge on any atom is 0.239 e. The highest BCUT2D eigenvalue weighted by molar-refractivity contribution is 6.31. The molecule has 8 nitrogen and oxygen atoms in total. The number of fused-ring (bicyclic) bond motifs is 4. The Hall–Kier alpha value is -3.50. The lowest BCUT2D eigenvalue weighted by Gasteiger charge is -2.39. The quantitative estimate of drug-likeness (QED) is 0.114. The lowest BCUT2D eigenvalue weighted by atomic mass is 9.96. The van der Waals surface area contributed by atoms with Gasteiger partial charge in [0.1, 0.15) is 0 Å². The molecule has 4 heterocycles. The third kappa shape index (κ3) is 11.3. The van der Waals surface area contributed by atoms with Gasteiger partial charge in [-0.3, -0.25) is 19.4 Å². The minimum absolute atomic E-state index is 0.0375. The number of carbonyl (C=O) groups is 2. The molecule has 4 aliphatic rings. The SMILES string of the molecule is O=C(CNc1ccc(Cl)cc1)N[C@H]1C[C@H]2CC[C@@H](C1)N2Cc1ccc(Cl)cc1.O=C(CNc1cccc(Cl)c1)N[C@H]1C[C@H]2CC[C@@H](C1)N2Cc1ccc(Cl)cc1. The number of hydrogen-bond acceptors (Lipinski definition) is 6. The summed E-state index contributed by atoms with van der Waals surface area (Å²) in [5.74, 6) is 0.0843. The first-order valence-corrected chi connectivity index (χ1v) is 21.2. The highest BCUT2D eigenvalue weighted by Crippen LogP contribution is 2.38. The van der Waals surface area contributed by atoms with Crippen LogP contribution < -0.4 is 21.3 Å². The summed E-state index contributed by atoms with van der Waals surface area (Å²) in [6, 6.07) is 33.8. The minimum atomic E-state index is 0.0375. The van der Waals surface area contributed by atoms with Crippen LogP contribution in [0.5, 0.6) is 0 Å². The summed E-state index contributed by atoms with van der Waals surface area (Å²) in [5.41, 5.74) is 4.36. The maximum atomic E-state index is 12.4. The number of amides is 2. The molecule has 0 spiro atoms. The zero-order chi connectivity index (χ0) is 39.0. The monoisotopic (exact) mass is 834 g/mol.